The average Bonchev–Trinajstić information content (AvgIpc) is 2.99. The molecule has 1 aromatic carbocycles. The highest BCUT2D eigenvalue weighted by Gasteiger charge is 2.17. The monoisotopic (exact) mass is 345 g/mol. The van der Waals surface area contributed by atoms with Gasteiger partial charge in [-0.05, 0) is 31.9 Å². The number of likely N-dealkylation sites (N-methyl/N-ethyl adjacent to an activating group) is 2. The number of quaternary nitrogens is 1. The molecule has 0 saturated carbocycles. The Morgan fingerprint density at radius 1 is 1.16 bits per heavy atom. The fourth-order valence-corrected chi connectivity index (χ4v) is 3.02. The summed E-state index contributed by atoms with van der Waals surface area (Å²) in [5, 5.41) is 4.15. The quantitative estimate of drug-likeness (QED) is 0.608. The maximum Gasteiger partial charge on any atom is 0.277 e. The zero-order chi connectivity index (χ0) is 18.2. The fraction of sp³-hybridized carbons (Fsp3) is 0.474. The molecular formula is C19H29N4O2+. The molecule has 0 radical (unpaired) electrons. The summed E-state index contributed by atoms with van der Waals surface area (Å²) in [6.07, 6.45) is 2.78. The van der Waals surface area contributed by atoms with Gasteiger partial charge in [-0.3, -0.25) is 9.59 Å². The number of carbonyl (C=O) groups is 2. The van der Waals surface area contributed by atoms with Gasteiger partial charge in [-0.2, -0.15) is 0 Å². The highest BCUT2D eigenvalue weighted by atomic mass is 16.2. The zero-order valence-corrected chi connectivity index (χ0v) is 15.4. The van der Waals surface area contributed by atoms with Crippen molar-refractivity contribution in [3.8, 4) is 0 Å². The Hall–Kier alpha value is -2.34. The van der Waals surface area contributed by atoms with Crippen LogP contribution in [0.15, 0.2) is 30.5 Å². The molecule has 0 fully saturated rings. The molecule has 2 aromatic rings. The van der Waals surface area contributed by atoms with Crippen LogP contribution in [0.3, 0.4) is 0 Å². The number of hydrogen-bond donors (Lipinski definition) is 3. The van der Waals surface area contributed by atoms with E-state index < -0.39 is 0 Å². The molecule has 1 unspecified atom stereocenters. The number of H-pyrrole nitrogens is 1. The normalized spacial score (nSPS) is 12.1. The number of benzene rings is 1. The van der Waals surface area contributed by atoms with Crippen LogP contribution in [0.5, 0.6) is 0 Å². The molecule has 0 aliphatic heterocycles. The maximum absolute atomic E-state index is 12.1. The minimum Gasteiger partial charge on any atom is -0.361 e. The van der Waals surface area contributed by atoms with Crippen molar-refractivity contribution >= 4 is 22.7 Å². The van der Waals surface area contributed by atoms with Crippen molar-refractivity contribution in [2.75, 3.05) is 39.8 Å². The Morgan fingerprint density at radius 2 is 1.88 bits per heavy atom. The molecule has 25 heavy (non-hydrogen) atoms. The van der Waals surface area contributed by atoms with Crippen molar-refractivity contribution in [2.45, 2.75) is 20.3 Å². The van der Waals surface area contributed by atoms with Crippen molar-refractivity contribution in [1.29, 1.82) is 0 Å². The van der Waals surface area contributed by atoms with Crippen LogP contribution in [0.1, 0.15) is 19.4 Å². The van der Waals surface area contributed by atoms with Gasteiger partial charge in [-0.15, -0.1) is 0 Å². The molecule has 6 heteroatoms. The van der Waals surface area contributed by atoms with E-state index in [1.165, 1.54) is 10.9 Å². The third-order valence-corrected chi connectivity index (χ3v) is 4.42. The topological polar surface area (TPSA) is 69.6 Å². The minimum atomic E-state index is -0.0234. The average molecular weight is 345 g/mol. The third-order valence-electron chi connectivity index (χ3n) is 4.42. The molecule has 2 rings (SSSR count). The second-order valence-electron chi connectivity index (χ2n) is 6.34. The van der Waals surface area contributed by atoms with Crippen LogP contribution in [0, 0.1) is 0 Å². The van der Waals surface area contributed by atoms with Crippen molar-refractivity contribution in [1.82, 2.24) is 15.2 Å². The molecule has 1 aromatic heterocycles. The lowest BCUT2D eigenvalue weighted by Crippen LogP contribution is -3.11. The number of aromatic nitrogens is 1. The van der Waals surface area contributed by atoms with Gasteiger partial charge in [-0.1, -0.05) is 18.2 Å². The number of amides is 2. The van der Waals surface area contributed by atoms with Gasteiger partial charge in [0.25, 0.3) is 11.8 Å². The Balaban J connectivity index is 1.74. The Kier molecular flexibility index (Phi) is 7.01. The summed E-state index contributed by atoms with van der Waals surface area (Å²) in [5.74, 6) is 0.0683. The van der Waals surface area contributed by atoms with E-state index in [-0.39, 0.29) is 11.8 Å². The smallest absolute Gasteiger partial charge is 0.277 e. The standard InChI is InChI=1S/C19H28N4O2/c1-4-23(5-2)19(25)14-22(3)13-18(24)20-11-10-15-12-21-17-9-7-6-8-16(15)17/h6-9,12,21H,4-5,10-11,13-14H2,1-3H3,(H,20,24)/p+1. The van der Waals surface area contributed by atoms with Crippen LogP contribution in [0.4, 0.5) is 0 Å². The molecule has 3 N–H and O–H groups in total. The lowest BCUT2D eigenvalue weighted by atomic mass is 10.1. The molecule has 0 saturated heterocycles. The zero-order valence-electron chi connectivity index (χ0n) is 15.4. The van der Waals surface area contributed by atoms with Gasteiger partial charge in [-0.25, -0.2) is 0 Å². The van der Waals surface area contributed by atoms with Crippen LogP contribution in [0.25, 0.3) is 10.9 Å². The van der Waals surface area contributed by atoms with E-state index in [4.69, 9.17) is 0 Å². The number of rotatable bonds is 9. The Morgan fingerprint density at radius 3 is 2.60 bits per heavy atom. The number of nitrogens with zero attached hydrogens (tertiary/aromatic N) is 1. The second kappa shape index (κ2) is 9.22. The van der Waals surface area contributed by atoms with Crippen molar-refractivity contribution < 1.29 is 14.5 Å². The Bertz CT molecular complexity index is 706. The van der Waals surface area contributed by atoms with Gasteiger partial charge >= 0.3 is 0 Å². The van der Waals surface area contributed by atoms with Crippen molar-refractivity contribution in [3.05, 3.63) is 36.0 Å². The molecule has 136 valence electrons. The Labute approximate surface area is 149 Å². The van der Waals surface area contributed by atoms with Gasteiger partial charge in [0.1, 0.15) is 0 Å². The van der Waals surface area contributed by atoms with Crippen LogP contribution in [-0.2, 0) is 16.0 Å². The van der Waals surface area contributed by atoms with Crippen LogP contribution in [-0.4, -0.2) is 61.5 Å². The molecule has 0 spiro atoms. The predicted molar refractivity (Wildman–Crippen MR) is 99.6 cm³/mol. The van der Waals surface area contributed by atoms with Crippen LogP contribution >= 0.6 is 0 Å². The molecule has 0 aliphatic carbocycles. The lowest BCUT2D eigenvalue weighted by Gasteiger charge is -2.20. The van der Waals surface area contributed by atoms with E-state index in [0.717, 1.165) is 16.8 Å². The number of para-hydroxylation sites is 1. The number of nitrogens with one attached hydrogen (secondary N) is 3. The van der Waals surface area contributed by atoms with Gasteiger partial charge in [0.2, 0.25) is 0 Å². The first kappa shape index (κ1) is 19.0. The third kappa shape index (κ3) is 5.32. The first-order valence-electron chi connectivity index (χ1n) is 8.95. The molecule has 0 aliphatic rings. The predicted octanol–water partition coefficient (Wildman–Crippen LogP) is 0.210. The second-order valence-corrected chi connectivity index (χ2v) is 6.34. The van der Waals surface area contributed by atoms with E-state index in [1.807, 2.05) is 45.3 Å². The molecule has 0 bridgehead atoms. The van der Waals surface area contributed by atoms with E-state index in [2.05, 4.69) is 16.4 Å². The van der Waals surface area contributed by atoms with Crippen molar-refractivity contribution in [2.24, 2.45) is 0 Å². The molecule has 1 atom stereocenters. The van der Waals surface area contributed by atoms with E-state index in [9.17, 15) is 9.59 Å². The fourth-order valence-electron chi connectivity index (χ4n) is 3.02. The molecule has 1 heterocycles. The van der Waals surface area contributed by atoms with Crippen LogP contribution in [0.2, 0.25) is 0 Å². The molecule has 2 amide bonds. The summed E-state index contributed by atoms with van der Waals surface area (Å²) in [6.45, 7) is 6.59. The van der Waals surface area contributed by atoms with Gasteiger partial charge < -0.3 is 20.1 Å². The summed E-state index contributed by atoms with van der Waals surface area (Å²) < 4.78 is 0. The number of aromatic amines is 1. The van der Waals surface area contributed by atoms with E-state index in [1.54, 1.807) is 4.90 Å². The highest BCUT2D eigenvalue weighted by molar-refractivity contribution is 5.83. The number of fused-ring (bicyclic) bond motifs is 1. The molecular weight excluding hydrogens is 316 g/mol. The lowest BCUT2D eigenvalue weighted by molar-refractivity contribution is -0.863. The maximum atomic E-state index is 12.1. The number of carbonyl (C=O) groups excluding carboxylic acids is 2. The molecule has 6 nitrogen and oxygen atoms in total. The van der Waals surface area contributed by atoms with E-state index in [0.29, 0.717) is 32.7 Å². The minimum absolute atomic E-state index is 0.0234. The van der Waals surface area contributed by atoms with Crippen LogP contribution < -0.4 is 10.2 Å². The first-order chi connectivity index (χ1) is 12.0. The van der Waals surface area contributed by atoms with E-state index >= 15 is 0 Å². The first-order valence-corrected chi connectivity index (χ1v) is 8.95. The van der Waals surface area contributed by atoms with Gasteiger partial charge in [0.05, 0.1) is 7.05 Å². The summed E-state index contributed by atoms with van der Waals surface area (Å²) in [7, 11) is 1.88. The summed E-state index contributed by atoms with van der Waals surface area (Å²) >= 11 is 0. The van der Waals surface area contributed by atoms with Gasteiger partial charge in [0.15, 0.2) is 13.1 Å². The largest absolute Gasteiger partial charge is 0.361 e. The van der Waals surface area contributed by atoms with Crippen molar-refractivity contribution in [3.63, 3.8) is 0 Å². The summed E-state index contributed by atoms with van der Waals surface area (Å²) in [6, 6.07) is 8.15. The van der Waals surface area contributed by atoms with Gasteiger partial charge in [0, 0.05) is 36.7 Å². The summed E-state index contributed by atoms with van der Waals surface area (Å²) in [5.41, 5.74) is 2.32. The highest BCUT2D eigenvalue weighted by Crippen LogP contribution is 2.17. The number of hydrogen-bond acceptors (Lipinski definition) is 2. The SMILES string of the molecule is CCN(CC)C(=O)C[NH+](C)CC(=O)NCCc1c[nH]c2ccccc12. The summed E-state index contributed by atoms with van der Waals surface area (Å²) in [4.78, 5) is 30.1.